The first kappa shape index (κ1) is 28.9. The largest absolute Gasteiger partial charge is 0.493 e. The Morgan fingerprint density at radius 3 is 1.34 bits per heavy atom. The number of aliphatic hydroxyl groups is 2. The normalized spacial score (nSPS) is 14.0. The maximum atomic E-state index is 9.70. The quantitative estimate of drug-likeness (QED) is 0.189. The van der Waals surface area contributed by atoms with Crippen molar-refractivity contribution in [1.82, 2.24) is 0 Å². The molecule has 4 aromatic rings. The molecule has 0 aliphatic heterocycles. The summed E-state index contributed by atoms with van der Waals surface area (Å²) in [6.45, 7) is 13.2. The zero-order chi connectivity index (χ0) is 29.4. The second-order valence-electron chi connectivity index (χ2n) is 13.0. The highest BCUT2D eigenvalue weighted by molar-refractivity contribution is 5.86. The molecule has 214 valence electrons. The zero-order valence-electron chi connectivity index (χ0n) is 25.1. The fraction of sp³-hybridized carbons (Fsp3) is 0.351. The van der Waals surface area contributed by atoms with Gasteiger partial charge in [-0.25, -0.2) is 0 Å². The van der Waals surface area contributed by atoms with Crippen LogP contribution < -0.4 is 9.47 Å². The summed E-state index contributed by atoms with van der Waals surface area (Å²) in [5.41, 5.74) is 8.31. The third kappa shape index (κ3) is 5.27. The van der Waals surface area contributed by atoms with Crippen LogP contribution in [0.15, 0.2) is 84.9 Å². The molecule has 4 heteroatoms. The first-order valence-electron chi connectivity index (χ1n) is 14.4. The summed E-state index contributed by atoms with van der Waals surface area (Å²) in [4.78, 5) is 0. The Morgan fingerprint density at radius 1 is 0.585 bits per heavy atom. The van der Waals surface area contributed by atoms with Gasteiger partial charge in [0.1, 0.15) is 11.5 Å². The van der Waals surface area contributed by atoms with E-state index in [0.29, 0.717) is 13.2 Å². The molecule has 41 heavy (non-hydrogen) atoms. The van der Waals surface area contributed by atoms with Crippen LogP contribution in [0.4, 0.5) is 0 Å². The molecule has 0 heterocycles. The lowest BCUT2D eigenvalue weighted by atomic mass is 9.67. The van der Waals surface area contributed by atoms with E-state index in [2.05, 4.69) is 98.8 Å². The molecule has 0 saturated heterocycles. The first-order chi connectivity index (χ1) is 19.5. The average molecular weight is 551 g/mol. The fourth-order valence-corrected chi connectivity index (χ4v) is 5.75. The van der Waals surface area contributed by atoms with Crippen molar-refractivity contribution in [3.05, 3.63) is 118 Å². The number of hydrogen-bond donors (Lipinski definition) is 2. The number of rotatable bonds is 10. The van der Waals surface area contributed by atoms with E-state index in [1.807, 2.05) is 27.7 Å². The van der Waals surface area contributed by atoms with Crippen LogP contribution in [0, 0.1) is 24.7 Å². The molecule has 2 N–H and O–H groups in total. The third-order valence-corrected chi connectivity index (χ3v) is 8.26. The lowest BCUT2D eigenvalue weighted by Crippen LogP contribution is -2.29. The van der Waals surface area contributed by atoms with Gasteiger partial charge in [0, 0.05) is 10.8 Å². The van der Waals surface area contributed by atoms with E-state index in [1.54, 1.807) is 0 Å². The van der Waals surface area contributed by atoms with Crippen LogP contribution >= 0.6 is 0 Å². The monoisotopic (exact) mass is 550 g/mol. The van der Waals surface area contributed by atoms with Crippen molar-refractivity contribution in [3.8, 4) is 22.6 Å². The predicted molar refractivity (Wildman–Crippen MR) is 166 cm³/mol. The molecule has 0 atom stereocenters. The number of aryl methyl sites for hydroxylation is 2. The molecule has 0 fully saturated rings. The Kier molecular flexibility index (Phi) is 7.76. The van der Waals surface area contributed by atoms with E-state index in [4.69, 9.17) is 9.47 Å². The van der Waals surface area contributed by atoms with Crippen LogP contribution in [-0.2, 0) is 5.41 Å². The molecule has 5 rings (SSSR count). The Labute approximate surface area is 244 Å². The molecule has 0 aromatic heterocycles. The summed E-state index contributed by atoms with van der Waals surface area (Å²) in [6.07, 6.45) is 0. The lowest BCUT2D eigenvalue weighted by Gasteiger charge is -2.35. The highest BCUT2D eigenvalue weighted by Gasteiger charge is 2.46. The highest BCUT2D eigenvalue weighted by Crippen LogP contribution is 2.56. The van der Waals surface area contributed by atoms with Crippen molar-refractivity contribution in [3.63, 3.8) is 0 Å². The van der Waals surface area contributed by atoms with Crippen LogP contribution in [-0.4, -0.2) is 36.6 Å². The van der Waals surface area contributed by atoms with Crippen LogP contribution in [0.5, 0.6) is 11.5 Å². The van der Waals surface area contributed by atoms with E-state index in [-0.39, 0.29) is 24.0 Å². The van der Waals surface area contributed by atoms with Gasteiger partial charge in [-0.2, -0.15) is 0 Å². The van der Waals surface area contributed by atoms with Crippen molar-refractivity contribution in [1.29, 1.82) is 0 Å². The lowest BCUT2D eigenvalue weighted by molar-refractivity contribution is 0.0971. The Balaban J connectivity index is 1.67. The van der Waals surface area contributed by atoms with Gasteiger partial charge in [-0.1, -0.05) is 100 Å². The van der Waals surface area contributed by atoms with Gasteiger partial charge in [0.05, 0.1) is 31.8 Å². The van der Waals surface area contributed by atoms with Gasteiger partial charge in [-0.05, 0) is 70.5 Å². The molecule has 4 aromatic carbocycles. The van der Waals surface area contributed by atoms with Crippen molar-refractivity contribution in [2.24, 2.45) is 10.8 Å². The number of aliphatic hydroxyl groups excluding tert-OH is 2. The van der Waals surface area contributed by atoms with Crippen molar-refractivity contribution in [2.75, 3.05) is 26.4 Å². The van der Waals surface area contributed by atoms with Crippen molar-refractivity contribution >= 4 is 0 Å². The highest BCUT2D eigenvalue weighted by atomic mass is 16.5. The molecule has 0 unspecified atom stereocenters. The topological polar surface area (TPSA) is 58.9 Å². The van der Waals surface area contributed by atoms with Crippen LogP contribution in [0.1, 0.15) is 61.1 Å². The van der Waals surface area contributed by atoms with Crippen LogP contribution in [0.25, 0.3) is 11.1 Å². The standard InChI is InChI=1S/C37H42O4/c1-25-19-27(15-17-33(25)40-23-35(3,4)21-38)37(28-16-18-34(26(2)20-28)41-24-36(5,6)22-39)31-13-9-7-11-29(31)30-12-8-10-14-32(30)37/h7-20,38-39H,21-24H2,1-6H3. The molecular formula is C37H42O4. The van der Waals surface area contributed by atoms with Gasteiger partial charge in [0.2, 0.25) is 0 Å². The van der Waals surface area contributed by atoms with E-state index >= 15 is 0 Å². The van der Waals surface area contributed by atoms with Crippen LogP contribution in [0.3, 0.4) is 0 Å². The van der Waals surface area contributed by atoms with Crippen molar-refractivity contribution in [2.45, 2.75) is 47.0 Å². The van der Waals surface area contributed by atoms with Gasteiger partial charge < -0.3 is 19.7 Å². The van der Waals surface area contributed by atoms with E-state index in [9.17, 15) is 10.2 Å². The molecule has 0 radical (unpaired) electrons. The molecule has 0 spiro atoms. The Hall–Kier alpha value is -3.60. The SMILES string of the molecule is Cc1cc(C2(c3ccc(OCC(C)(C)CO)c(C)c3)c3ccccc3-c3ccccc32)ccc1OCC(C)(C)CO. The van der Waals surface area contributed by atoms with Gasteiger partial charge in [-0.15, -0.1) is 0 Å². The molecular weight excluding hydrogens is 508 g/mol. The Bertz CT molecular complexity index is 1430. The first-order valence-corrected chi connectivity index (χ1v) is 14.4. The van der Waals surface area contributed by atoms with E-state index in [0.717, 1.165) is 22.6 Å². The third-order valence-electron chi connectivity index (χ3n) is 8.26. The van der Waals surface area contributed by atoms with Gasteiger partial charge in [0.25, 0.3) is 0 Å². The van der Waals surface area contributed by atoms with E-state index in [1.165, 1.54) is 33.4 Å². The molecule has 1 aliphatic carbocycles. The number of ether oxygens (including phenoxy) is 2. The fourth-order valence-electron chi connectivity index (χ4n) is 5.75. The minimum atomic E-state index is -0.519. The second-order valence-corrected chi connectivity index (χ2v) is 13.0. The summed E-state index contributed by atoms with van der Waals surface area (Å²) in [5.74, 6) is 1.66. The van der Waals surface area contributed by atoms with Gasteiger partial charge in [0.15, 0.2) is 0 Å². The minimum absolute atomic E-state index is 0.0668. The smallest absolute Gasteiger partial charge is 0.122 e. The van der Waals surface area contributed by atoms with Gasteiger partial charge in [-0.3, -0.25) is 0 Å². The minimum Gasteiger partial charge on any atom is -0.493 e. The van der Waals surface area contributed by atoms with Crippen LogP contribution in [0.2, 0.25) is 0 Å². The number of fused-ring (bicyclic) bond motifs is 3. The number of benzene rings is 4. The maximum Gasteiger partial charge on any atom is 0.122 e. The van der Waals surface area contributed by atoms with Gasteiger partial charge >= 0.3 is 0 Å². The Morgan fingerprint density at radius 2 is 0.976 bits per heavy atom. The summed E-state index contributed by atoms with van der Waals surface area (Å²) in [6, 6.07) is 30.5. The molecule has 0 saturated carbocycles. The predicted octanol–water partition coefficient (Wildman–Crippen LogP) is 7.46. The second kappa shape index (κ2) is 11.0. The summed E-state index contributed by atoms with van der Waals surface area (Å²) in [7, 11) is 0. The molecule has 0 bridgehead atoms. The summed E-state index contributed by atoms with van der Waals surface area (Å²) in [5, 5.41) is 19.4. The van der Waals surface area contributed by atoms with E-state index < -0.39 is 5.41 Å². The maximum absolute atomic E-state index is 9.70. The number of hydrogen-bond acceptors (Lipinski definition) is 4. The van der Waals surface area contributed by atoms with Crippen molar-refractivity contribution < 1.29 is 19.7 Å². The summed E-state index contributed by atoms with van der Waals surface area (Å²) < 4.78 is 12.4. The zero-order valence-corrected chi connectivity index (χ0v) is 25.1. The molecule has 4 nitrogen and oxygen atoms in total. The molecule has 1 aliphatic rings. The summed E-state index contributed by atoms with van der Waals surface area (Å²) >= 11 is 0. The molecule has 0 amide bonds. The average Bonchev–Trinajstić information content (AvgIpc) is 3.27.